The summed E-state index contributed by atoms with van der Waals surface area (Å²) in [6.45, 7) is 9.87. The molecule has 0 atom stereocenters. The molecule has 31 heavy (non-hydrogen) atoms. The second-order valence-electron chi connectivity index (χ2n) is 9.60. The molecule has 4 nitrogen and oxygen atoms in total. The van der Waals surface area contributed by atoms with Crippen LogP contribution in [0.4, 0.5) is 5.69 Å². The fourth-order valence-corrected chi connectivity index (χ4v) is 4.96. The molecule has 1 fully saturated rings. The number of halogens is 1. The van der Waals surface area contributed by atoms with Crippen LogP contribution in [0.15, 0.2) is 54.1 Å². The van der Waals surface area contributed by atoms with Crippen LogP contribution >= 0.6 is 11.6 Å². The van der Waals surface area contributed by atoms with Gasteiger partial charge in [-0.05, 0) is 72.2 Å². The minimum Gasteiger partial charge on any atom is -0.369 e. The second kappa shape index (κ2) is 9.05. The molecule has 2 aliphatic rings. The van der Waals surface area contributed by atoms with Gasteiger partial charge in [0.1, 0.15) is 0 Å². The van der Waals surface area contributed by atoms with Crippen molar-refractivity contribution in [3.63, 3.8) is 0 Å². The quantitative estimate of drug-likeness (QED) is 0.697. The van der Waals surface area contributed by atoms with E-state index < -0.39 is 0 Å². The average Bonchev–Trinajstić information content (AvgIpc) is 2.75. The Kier molecular flexibility index (Phi) is 6.40. The number of piperazine rings is 1. The van der Waals surface area contributed by atoms with Gasteiger partial charge in [-0.2, -0.15) is 0 Å². The van der Waals surface area contributed by atoms with Gasteiger partial charge in [-0.1, -0.05) is 43.2 Å². The van der Waals surface area contributed by atoms with Crippen LogP contribution in [0, 0.1) is 5.41 Å². The predicted octanol–water partition coefficient (Wildman–Crippen LogP) is 5.22. The van der Waals surface area contributed by atoms with Crippen molar-refractivity contribution in [2.45, 2.75) is 33.1 Å². The average molecular weight is 438 g/mol. The lowest BCUT2D eigenvalue weighted by Crippen LogP contribution is -2.47. The number of rotatable bonds is 5. The molecule has 4 rings (SSSR count). The number of hydrogen-bond acceptors (Lipinski definition) is 3. The molecule has 2 N–H and O–H groups in total. The molecule has 0 unspecified atom stereocenters. The monoisotopic (exact) mass is 437 g/mol. The first-order chi connectivity index (χ1) is 14.8. The van der Waals surface area contributed by atoms with Crippen LogP contribution in [-0.2, 0) is 0 Å². The van der Waals surface area contributed by atoms with Crippen LogP contribution in [-0.4, -0.2) is 43.5 Å². The molecular formula is C26H32ClN3O. The van der Waals surface area contributed by atoms with Crippen molar-refractivity contribution in [3.05, 3.63) is 70.3 Å². The van der Waals surface area contributed by atoms with E-state index >= 15 is 0 Å². The summed E-state index contributed by atoms with van der Waals surface area (Å²) in [5.74, 6) is -0.378. The van der Waals surface area contributed by atoms with Gasteiger partial charge in [-0.3, -0.25) is 9.69 Å². The van der Waals surface area contributed by atoms with Gasteiger partial charge in [-0.15, -0.1) is 0 Å². The van der Waals surface area contributed by atoms with Gasteiger partial charge in [0.15, 0.2) is 0 Å². The first-order valence-corrected chi connectivity index (χ1v) is 11.5. The summed E-state index contributed by atoms with van der Waals surface area (Å²) >= 11 is 6.12. The molecule has 2 aromatic carbocycles. The molecule has 1 amide bonds. The van der Waals surface area contributed by atoms with Gasteiger partial charge >= 0.3 is 0 Å². The van der Waals surface area contributed by atoms with E-state index in [1.807, 2.05) is 36.4 Å². The molecule has 1 saturated heterocycles. The van der Waals surface area contributed by atoms with Gasteiger partial charge in [-0.25, -0.2) is 0 Å². The zero-order valence-electron chi connectivity index (χ0n) is 18.5. The summed E-state index contributed by atoms with van der Waals surface area (Å²) in [6, 6.07) is 16.0. The van der Waals surface area contributed by atoms with Crippen LogP contribution in [0.1, 0.15) is 49.0 Å². The summed E-state index contributed by atoms with van der Waals surface area (Å²) in [5, 5.41) is 0.794. The maximum absolute atomic E-state index is 11.3. The summed E-state index contributed by atoms with van der Waals surface area (Å²) in [5.41, 5.74) is 11.8. The highest BCUT2D eigenvalue weighted by molar-refractivity contribution is 6.30. The first kappa shape index (κ1) is 21.9. The van der Waals surface area contributed by atoms with Crippen molar-refractivity contribution in [1.82, 2.24) is 4.90 Å². The maximum atomic E-state index is 11.3. The SMILES string of the molecule is CC1(C)CCC(c2ccc(Cl)cc2)=C(CN2CCN(c3ccc(C(N)=O)cc3)CC2)C1. The van der Waals surface area contributed by atoms with E-state index in [9.17, 15) is 4.79 Å². The van der Waals surface area contributed by atoms with Crippen LogP contribution in [0.2, 0.25) is 5.02 Å². The number of amides is 1. The number of hydrogen-bond donors (Lipinski definition) is 1. The van der Waals surface area contributed by atoms with Crippen LogP contribution < -0.4 is 10.6 Å². The zero-order valence-corrected chi connectivity index (χ0v) is 19.3. The van der Waals surface area contributed by atoms with Crippen molar-refractivity contribution >= 4 is 28.8 Å². The smallest absolute Gasteiger partial charge is 0.248 e. The Hall–Kier alpha value is -2.30. The lowest BCUT2D eigenvalue weighted by atomic mass is 9.73. The standard InChI is InChI=1S/C26H32ClN3O/c1-26(2)12-11-24(19-3-7-22(27)8-4-19)21(17-26)18-29-13-15-30(16-14-29)23-9-5-20(6-10-23)25(28)31/h3-10H,11-18H2,1-2H3,(H2,28,31). The Morgan fingerprint density at radius 3 is 2.26 bits per heavy atom. The molecular weight excluding hydrogens is 406 g/mol. The molecule has 0 saturated carbocycles. The fraction of sp³-hybridized carbons (Fsp3) is 0.423. The van der Waals surface area contributed by atoms with Crippen molar-refractivity contribution < 1.29 is 4.79 Å². The third-order valence-corrected chi connectivity index (χ3v) is 6.92. The molecule has 5 heteroatoms. The molecule has 0 aromatic heterocycles. The summed E-state index contributed by atoms with van der Waals surface area (Å²) in [4.78, 5) is 16.3. The normalized spacial score (nSPS) is 19.5. The Morgan fingerprint density at radius 1 is 1.00 bits per heavy atom. The first-order valence-electron chi connectivity index (χ1n) is 11.1. The van der Waals surface area contributed by atoms with Gasteiger partial charge < -0.3 is 10.6 Å². The van der Waals surface area contributed by atoms with Crippen molar-refractivity contribution in [1.29, 1.82) is 0 Å². The minimum absolute atomic E-state index is 0.356. The van der Waals surface area contributed by atoms with E-state index in [0.29, 0.717) is 11.0 Å². The van der Waals surface area contributed by atoms with E-state index in [1.165, 1.54) is 17.6 Å². The Bertz CT molecular complexity index is 955. The van der Waals surface area contributed by atoms with Crippen molar-refractivity contribution in [2.75, 3.05) is 37.6 Å². The van der Waals surface area contributed by atoms with Crippen LogP contribution in [0.5, 0.6) is 0 Å². The number of carbonyl (C=O) groups is 1. The van der Waals surface area contributed by atoms with E-state index in [-0.39, 0.29) is 5.91 Å². The lowest BCUT2D eigenvalue weighted by Gasteiger charge is -2.39. The highest BCUT2D eigenvalue weighted by atomic mass is 35.5. The number of anilines is 1. The number of allylic oxidation sites excluding steroid dienone is 1. The molecule has 0 bridgehead atoms. The van der Waals surface area contributed by atoms with Crippen molar-refractivity contribution in [2.24, 2.45) is 11.1 Å². The third kappa shape index (κ3) is 5.31. The molecule has 0 spiro atoms. The highest BCUT2D eigenvalue weighted by Crippen LogP contribution is 2.42. The Balaban J connectivity index is 1.45. The number of benzene rings is 2. The maximum Gasteiger partial charge on any atom is 0.248 e. The summed E-state index contributed by atoms with van der Waals surface area (Å²) < 4.78 is 0. The topological polar surface area (TPSA) is 49.6 Å². The Labute approximate surface area is 190 Å². The molecule has 0 radical (unpaired) electrons. The number of nitrogens with two attached hydrogens (primary N) is 1. The number of primary amides is 1. The zero-order chi connectivity index (χ0) is 22.0. The summed E-state index contributed by atoms with van der Waals surface area (Å²) in [6.07, 6.45) is 3.51. The van der Waals surface area contributed by atoms with E-state index in [1.54, 1.807) is 5.57 Å². The molecule has 1 aliphatic heterocycles. The van der Waals surface area contributed by atoms with Crippen LogP contribution in [0.3, 0.4) is 0 Å². The van der Waals surface area contributed by atoms with Crippen LogP contribution in [0.25, 0.3) is 5.57 Å². The van der Waals surface area contributed by atoms with Gasteiger partial charge in [0.2, 0.25) is 5.91 Å². The fourth-order valence-electron chi connectivity index (χ4n) is 4.83. The largest absolute Gasteiger partial charge is 0.369 e. The van der Waals surface area contributed by atoms with E-state index in [2.05, 4.69) is 35.8 Å². The van der Waals surface area contributed by atoms with E-state index in [4.69, 9.17) is 17.3 Å². The lowest BCUT2D eigenvalue weighted by molar-refractivity contribution is 0.100. The number of carbonyl (C=O) groups excluding carboxylic acids is 1. The Morgan fingerprint density at radius 2 is 1.65 bits per heavy atom. The molecule has 1 aliphatic carbocycles. The second-order valence-corrected chi connectivity index (χ2v) is 10.0. The van der Waals surface area contributed by atoms with E-state index in [0.717, 1.165) is 56.3 Å². The molecule has 2 aromatic rings. The molecule has 1 heterocycles. The minimum atomic E-state index is -0.378. The predicted molar refractivity (Wildman–Crippen MR) is 130 cm³/mol. The van der Waals surface area contributed by atoms with Gasteiger partial charge in [0.05, 0.1) is 0 Å². The molecule has 164 valence electrons. The van der Waals surface area contributed by atoms with Gasteiger partial charge in [0.25, 0.3) is 0 Å². The third-order valence-electron chi connectivity index (χ3n) is 6.67. The van der Waals surface area contributed by atoms with Crippen molar-refractivity contribution in [3.8, 4) is 0 Å². The summed E-state index contributed by atoms with van der Waals surface area (Å²) in [7, 11) is 0. The van der Waals surface area contributed by atoms with Gasteiger partial charge in [0, 0.05) is 49.0 Å². The highest BCUT2D eigenvalue weighted by Gasteiger charge is 2.29. The number of nitrogens with zero attached hydrogens (tertiary/aromatic N) is 2.